The zero-order valence-corrected chi connectivity index (χ0v) is 18.4. The van der Waals surface area contributed by atoms with Crippen molar-refractivity contribution in [3.05, 3.63) is 59.7 Å². The van der Waals surface area contributed by atoms with E-state index in [0.717, 1.165) is 11.1 Å². The number of carbonyl (C=O) groups excluding carboxylic acids is 2. The third-order valence-electron chi connectivity index (χ3n) is 4.88. The van der Waals surface area contributed by atoms with Gasteiger partial charge in [0.25, 0.3) is 5.91 Å². The first kappa shape index (κ1) is 22.8. The molecule has 0 bridgehead atoms. The standard InChI is InChI=1S/C22H26N2O6S/c1-17-12-18(2)14-19(13-17)29-16-22(26)30-15-21(25)23-8-10-24(11-9-23)31(27,28)20-6-4-3-5-7-20/h3-7,12-14H,8-11,15-16H2,1-2H3. The van der Waals surface area contributed by atoms with E-state index in [1.54, 1.807) is 30.3 Å². The number of ether oxygens (including phenoxy) is 2. The summed E-state index contributed by atoms with van der Waals surface area (Å²) in [5.74, 6) is -0.439. The second kappa shape index (κ2) is 9.93. The predicted molar refractivity (Wildman–Crippen MR) is 114 cm³/mol. The van der Waals surface area contributed by atoms with E-state index in [4.69, 9.17) is 9.47 Å². The number of aryl methyl sites for hydroxylation is 2. The molecule has 8 nitrogen and oxygen atoms in total. The quantitative estimate of drug-likeness (QED) is 0.602. The average molecular weight is 447 g/mol. The van der Waals surface area contributed by atoms with E-state index in [9.17, 15) is 18.0 Å². The molecular formula is C22H26N2O6S. The van der Waals surface area contributed by atoms with Gasteiger partial charge in [0.05, 0.1) is 4.90 Å². The minimum atomic E-state index is -3.58. The van der Waals surface area contributed by atoms with Gasteiger partial charge in [-0.1, -0.05) is 24.3 Å². The summed E-state index contributed by atoms with van der Waals surface area (Å²) in [6, 6.07) is 13.8. The smallest absolute Gasteiger partial charge is 0.344 e. The van der Waals surface area contributed by atoms with Gasteiger partial charge in [-0.05, 0) is 49.2 Å². The van der Waals surface area contributed by atoms with Crippen LogP contribution in [0.2, 0.25) is 0 Å². The molecule has 0 atom stereocenters. The van der Waals surface area contributed by atoms with Crippen molar-refractivity contribution >= 4 is 21.9 Å². The van der Waals surface area contributed by atoms with Crippen LogP contribution in [0.1, 0.15) is 11.1 Å². The summed E-state index contributed by atoms with van der Waals surface area (Å²) in [7, 11) is -3.58. The lowest BCUT2D eigenvalue weighted by atomic mass is 10.1. The van der Waals surface area contributed by atoms with Gasteiger partial charge in [-0.3, -0.25) is 4.79 Å². The Morgan fingerprint density at radius 2 is 1.52 bits per heavy atom. The molecule has 0 saturated carbocycles. The number of amides is 1. The molecule has 9 heteroatoms. The summed E-state index contributed by atoms with van der Waals surface area (Å²) < 4.78 is 37.1. The monoisotopic (exact) mass is 446 g/mol. The van der Waals surface area contributed by atoms with Crippen LogP contribution in [0.3, 0.4) is 0 Å². The molecule has 1 aliphatic heterocycles. The van der Waals surface area contributed by atoms with Crippen LogP contribution < -0.4 is 4.74 Å². The summed E-state index contributed by atoms with van der Waals surface area (Å²) in [5.41, 5.74) is 2.04. The number of carbonyl (C=O) groups is 2. The SMILES string of the molecule is Cc1cc(C)cc(OCC(=O)OCC(=O)N2CCN(S(=O)(=O)c3ccccc3)CC2)c1. The molecule has 31 heavy (non-hydrogen) atoms. The first-order chi connectivity index (χ1) is 14.8. The number of nitrogens with zero attached hydrogens (tertiary/aromatic N) is 2. The van der Waals surface area contributed by atoms with Crippen LogP contribution in [-0.2, 0) is 24.3 Å². The molecule has 1 amide bonds. The number of esters is 1. The van der Waals surface area contributed by atoms with E-state index in [1.807, 2.05) is 32.0 Å². The van der Waals surface area contributed by atoms with Crippen LogP contribution in [0, 0.1) is 13.8 Å². The number of hydrogen-bond acceptors (Lipinski definition) is 6. The molecule has 0 N–H and O–H groups in total. The van der Waals surface area contributed by atoms with E-state index >= 15 is 0 Å². The topological polar surface area (TPSA) is 93.2 Å². The number of hydrogen-bond donors (Lipinski definition) is 0. The number of rotatable bonds is 7. The lowest BCUT2D eigenvalue weighted by molar-refractivity contribution is -0.154. The maximum Gasteiger partial charge on any atom is 0.344 e. The summed E-state index contributed by atoms with van der Waals surface area (Å²) in [4.78, 5) is 26.0. The maximum atomic E-state index is 12.6. The lowest BCUT2D eigenvalue weighted by Gasteiger charge is -2.33. The van der Waals surface area contributed by atoms with Gasteiger partial charge in [0, 0.05) is 26.2 Å². The zero-order valence-electron chi connectivity index (χ0n) is 17.6. The summed E-state index contributed by atoms with van der Waals surface area (Å²) in [5, 5.41) is 0. The Bertz CT molecular complexity index is 1010. The van der Waals surface area contributed by atoms with Crippen LogP contribution in [-0.4, -0.2) is 68.9 Å². The van der Waals surface area contributed by atoms with Crippen molar-refractivity contribution in [2.24, 2.45) is 0 Å². The molecule has 0 spiro atoms. The highest BCUT2D eigenvalue weighted by atomic mass is 32.2. The second-order valence-corrected chi connectivity index (χ2v) is 9.31. The van der Waals surface area contributed by atoms with E-state index < -0.39 is 22.6 Å². The normalized spacial score (nSPS) is 14.8. The molecule has 1 fully saturated rings. The van der Waals surface area contributed by atoms with Gasteiger partial charge < -0.3 is 14.4 Å². The molecule has 0 unspecified atom stereocenters. The minimum Gasteiger partial charge on any atom is -0.482 e. The van der Waals surface area contributed by atoms with Gasteiger partial charge in [0.15, 0.2) is 13.2 Å². The van der Waals surface area contributed by atoms with E-state index in [2.05, 4.69) is 0 Å². The fraction of sp³-hybridized carbons (Fsp3) is 0.364. The molecule has 1 saturated heterocycles. The van der Waals surface area contributed by atoms with E-state index in [0.29, 0.717) is 5.75 Å². The summed E-state index contributed by atoms with van der Waals surface area (Å²) in [6.07, 6.45) is 0. The van der Waals surface area contributed by atoms with Crippen molar-refractivity contribution < 1.29 is 27.5 Å². The summed E-state index contributed by atoms with van der Waals surface area (Å²) in [6.45, 7) is 4.02. The Morgan fingerprint density at radius 3 is 2.13 bits per heavy atom. The van der Waals surface area contributed by atoms with E-state index in [-0.39, 0.29) is 43.6 Å². The highest BCUT2D eigenvalue weighted by molar-refractivity contribution is 7.89. The Labute approximate surface area is 182 Å². The van der Waals surface area contributed by atoms with Crippen molar-refractivity contribution in [1.29, 1.82) is 0 Å². The van der Waals surface area contributed by atoms with Gasteiger partial charge in [-0.25, -0.2) is 13.2 Å². The van der Waals surface area contributed by atoms with Crippen LogP contribution in [0.15, 0.2) is 53.4 Å². The molecule has 0 radical (unpaired) electrons. The van der Waals surface area contributed by atoms with Crippen LogP contribution >= 0.6 is 0 Å². The Kier molecular flexibility index (Phi) is 7.29. The van der Waals surface area contributed by atoms with Gasteiger partial charge in [0.2, 0.25) is 10.0 Å². The molecule has 1 heterocycles. The maximum absolute atomic E-state index is 12.6. The van der Waals surface area contributed by atoms with Gasteiger partial charge >= 0.3 is 5.97 Å². The van der Waals surface area contributed by atoms with Crippen molar-refractivity contribution in [3.8, 4) is 5.75 Å². The third kappa shape index (κ3) is 6.05. The number of piperazine rings is 1. The molecule has 3 rings (SSSR count). The third-order valence-corrected chi connectivity index (χ3v) is 6.79. The average Bonchev–Trinajstić information content (AvgIpc) is 2.76. The molecule has 0 aliphatic carbocycles. The highest BCUT2D eigenvalue weighted by Crippen LogP contribution is 2.18. The first-order valence-electron chi connectivity index (χ1n) is 9.95. The second-order valence-electron chi connectivity index (χ2n) is 7.37. The van der Waals surface area contributed by atoms with Crippen LogP contribution in [0.25, 0.3) is 0 Å². The highest BCUT2D eigenvalue weighted by Gasteiger charge is 2.30. The van der Waals surface area contributed by atoms with Gasteiger partial charge in [0.1, 0.15) is 5.75 Å². The fourth-order valence-corrected chi connectivity index (χ4v) is 4.80. The van der Waals surface area contributed by atoms with Crippen LogP contribution in [0.5, 0.6) is 5.75 Å². The molecule has 1 aliphatic rings. The van der Waals surface area contributed by atoms with Gasteiger partial charge in [-0.15, -0.1) is 0 Å². The fourth-order valence-electron chi connectivity index (χ4n) is 3.35. The Balaban J connectivity index is 1.43. The number of sulfonamides is 1. The summed E-state index contributed by atoms with van der Waals surface area (Å²) >= 11 is 0. The van der Waals surface area contributed by atoms with Crippen molar-refractivity contribution in [3.63, 3.8) is 0 Å². The molecule has 2 aromatic rings. The minimum absolute atomic E-state index is 0.187. The van der Waals surface area contributed by atoms with Crippen molar-refractivity contribution in [1.82, 2.24) is 9.21 Å². The largest absolute Gasteiger partial charge is 0.482 e. The van der Waals surface area contributed by atoms with Gasteiger partial charge in [-0.2, -0.15) is 4.31 Å². The van der Waals surface area contributed by atoms with Crippen molar-refractivity contribution in [2.75, 3.05) is 39.4 Å². The van der Waals surface area contributed by atoms with Crippen LogP contribution in [0.4, 0.5) is 0 Å². The van der Waals surface area contributed by atoms with E-state index in [1.165, 1.54) is 9.21 Å². The molecule has 0 aromatic heterocycles. The first-order valence-corrected chi connectivity index (χ1v) is 11.4. The molecule has 166 valence electrons. The Hall–Kier alpha value is -2.91. The Morgan fingerprint density at radius 1 is 0.903 bits per heavy atom. The zero-order chi connectivity index (χ0) is 22.4. The predicted octanol–water partition coefficient (Wildman–Crippen LogP) is 1.76. The molecule has 2 aromatic carbocycles. The molecular weight excluding hydrogens is 420 g/mol. The number of benzene rings is 2. The van der Waals surface area contributed by atoms with Crippen molar-refractivity contribution in [2.45, 2.75) is 18.7 Å². The lowest BCUT2D eigenvalue weighted by Crippen LogP contribution is -2.51.